The molecule has 1 N–H and O–H groups in total. The summed E-state index contributed by atoms with van der Waals surface area (Å²) in [7, 11) is 0. The summed E-state index contributed by atoms with van der Waals surface area (Å²) in [4.78, 5) is 14.2. The molecular weight excluding hydrogens is 206 g/mol. The minimum Gasteiger partial charge on any atom is -0.348 e. The van der Waals surface area contributed by atoms with Gasteiger partial charge in [-0.15, -0.1) is 11.3 Å². The molecule has 1 heterocycles. The minimum atomic E-state index is -0.319. The van der Waals surface area contributed by atoms with Gasteiger partial charge in [0.25, 0.3) is 0 Å². The lowest BCUT2D eigenvalue weighted by Gasteiger charge is -2.21. The van der Waals surface area contributed by atoms with Crippen LogP contribution in [0.15, 0.2) is 12.1 Å². The summed E-state index contributed by atoms with van der Waals surface area (Å²) in [6.45, 7) is 9.87. The van der Waals surface area contributed by atoms with Gasteiger partial charge in [-0.3, -0.25) is 4.79 Å². The molecule has 0 bridgehead atoms. The predicted molar refractivity (Wildman–Crippen MR) is 65.1 cm³/mol. The monoisotopic (exact) mass is 225 g/mol. The van der Waals surface area contributed by atoms with Gasteiger partial charge < -0.3 is 5.32 Å². The summed E-state index contributed by atoms with van der Waals surface area (Å²) in [5, 5.41) is 3.02. The van der Waals surface area contributed by atoms with E-state index in [1.807, 2.05) is 27.7 Å². The SMILES string of the molecule is Cc1ccc(C(C)NC(=O)C(C)(C)C)s1. The van der Waals surface area contributed by atoms with Crippen LogP contribution in [0.3, 0.4) is 0 Å². The Kier molecular flexibility index (Phi) is 3.55. The van der Waals surface area contributed by atoms with Crippen molar-refractivity contribution in [3.63, 3.8) is 0 Å². The first-order chi connectivity index (χ1) is 6.80. The molecule has 3 heteroatoms. The van der Waals surface area contributed by atoms with Gasteiger partial charge in [-0.1, -0.05) is 20.8 Å². The number of thiophene rings is 1. The lowest BCUT2D eigenvalue weighted by Crippen LogP contribution is -2.36. The smallest absolute Gasteiger partial charge is 0.225 e. The van der Waals surface area contributed by atoms with Crippen molar-refractivity contribution in [3.8, 4) is 0 Å². The molecule has 1 aromatic rings. The van der Waals surface area contributed by atoms with E-state index in [2.05, 4.69) is 24.4 Å². The molecule has 0 radical (unpaired) electrons. The molecular formula is C12H19NOS. The number of rotatable bonds is 2. The van der Waals surface area contributed by atoms with E-state index >= 15 is 0 Å². The van der Waals surface area contributed by atoms with E-state index in [-0.39, 0.29) is 17.4 Å². The van der Waals surface area contributed by atoms with Crippen LogP contribution in [0.1, 0.15) is 43.5 Å². The van der Waals surface area contributed by atoms with Gasteiger partial charge in [0, 0.05) is 15.2 Å². The second kappa shape index (κ2) is 4.35. The third-order valence-electron chi connectivity index (χ3n) is 2.22. The van der Waals surface area contributed by atoms with Gasteiger partial charge in [0.15, 0.2) is 0 Å². The number of amides is 1. The van der Waals surface area contributed by atoms with Gasteiger partial charge in [-0.05, 0) is 26.0 Å². The van der Waals surface area contributed by atoms with Crippen LogP contribution in [0.5, 0.6) is 0 Å². The standard InChI is InChI=1S/C12H19NOS/c1-8-6-7-10(15-8)9(2)13-11(14)12(3,4)5/h6-7,9H,1-5H3,(H,13,14). The summed E-state index contributed by atoms with van der Waals surface area (Å²) >= 11 is 1.73. The highest BCUT2D eigenvalue weighted by atomic mass is 32.1. The number of carbonyl (C=O) groups excluding carboxylic acids is 1. The molecule has 1 amide bonds. The Morgan fingerprint density at radius 2 is 2.00 bits per heavy atom. The van der Waals surface area contributed by atoms with Gasteiger partial charge in [0.05, 0.1) is 6.04 Å². The van der Waals surface area contributed by atoms with Crippen molar-refractivity contribution in [3.05, 3.63) is 21.9 Å². The average Bonchev–Trinajstić information content (AvgIpc) is 2.50. The van der Waals surface area contributed by atoms with Crippen molar-refractivity contribution in [2.75, 3.05) is 0 Å². The van der Waals surface area contributed by atoms with Crippen LogP contribution in [-0.2, 0) is 4.79 Å². The Balaban J connectivity index is 2.64. The van der Waals surface area contributed by atoms with Crippen LogP contribution < -0.4 is 5.32 Å². The van der Waals surface area contributed by atoms with Crippen molar-refractivity contribution < 1.29 is 4.79 Å². The molecule has 15 heavy (non-hydrogen) atoms. The van der Waals surface area contributed by atoms with Crippen LogP contribution in [0.25, 0.3) is 0 Å². The van der Waals surface area contributed by atoms with Gasteiger partial charge in [0.2, 0.25) is 5.91 Å². The lowest BCUT2D eigenvalue weighted by atomic mass is 9.95. The highest BCUT2D eigenvalue weighted by Crippen LogP contribution is 2.23. The molecule has 0 saturated heterocycles. The maximum atomic E-state index is 11.7. The van der Waals surface area contributed by atoms with Gasteiger partial charge in [0.1, 0.15) is 0 Å². The normalized spacial score (nSPS) is 13.7. The Morgan fingerprint density at radius 1 is 1.40 bits per heavy atom. The topological polar surface area (TPSA) is 29.1 Å². The minimum absolute atomic E-state index is 0.0982. The van der Waals surface area contributed by atoms with E-state index in [1.165, 1.54) is 9.75 Å². The zero-order valence-electron chi connectivity index (χ0n) is 10.0. The molecule has 0 aliphatic carbocycles. The van der Waals surface area contributed by atoms with Crippen molar-refractivity contribution >= 4 is 17.2 Å². The predicted octanol–water partition coefficient (Wildman–Crippen LogP) is 3.28. The second-order valence-electron chi connectivity index (χ2n) is 4.89. The highest BCUT2D eigenvalue weighted by molar-refractivity contribution is 7.12. The molecule has 84 valence electrons. The van der Waals surface area contributed by atoms with E-state index in [4.69, 9.17) is 0 Å². The lowest BCUT2D eigenvalue weighted by molar-refractivity contribution is -0.129. The molecule has 1 atom stereocenters. The van der Waals surface area contributed by atoms with Gasteiger partial charge in [-0.2, -0.15) is 0 Å². The zero-order chi connectivity index (χ0) is 11.6. The Hall–Kier alpha value is -0.830. The summed E-state index contributed by atoms with van der Waals surface area (Å²) in [5.74, 6) is 0.0982. The Labute approximate surface area is 95.7 Å². The molecule has 0 aliphatic heterocycles. The van der Waals surface area contributed by atoms with Crippen LogP contribution in [-0.4, -0.2) is 5.91 Å². The summed E-state index contributed by atoms with van der Waals surface area (Å²) in [6.07, 6.45) is 0. The number of nitrogens with one attached hydrogen (secondary N) is 1. The average molecular weight is 225 g/mol. The first-order valence-corrected chi connectivity index (χ1v) is 5.99. The quantitative estimate of drug-likeness (QED) is 0.822. The van der Waals surface area contributed by atoms with E-state index in [9.17, 15) is 4.79 Å². The molecule has 1 unspecified atom stereocenters. The number of hydrogen-bond acceptors (Lipinski definition) is 2. The van der Waals surface area contributed by atoms with Crippen molar-refractivity contribution in [2.24, 2.45) is 5.41 Å². The fourth-order valence-electron chi connectivity index (χ4n) is 1.17. The van der Waals surface area contributed by atoms with E-state index < -0.39 is 0 Å². The molecule has 0 aromatic carbocycles. The van der Waals surface area contributed by atoms with Crippen molar-refractivity contribution in [1.82, 2.24) is 5.32 Å². The largest absolute Gasteiger partial charge is 0.348 e. The fraction of sp³-hybridized carbons (Fsp3) is 0.583. The molecule has 1 aromatic heterocycles. The number of hydrogen-bond donors (Lipinski definition) is 1. The summed E-state index contributed by atoms with van der Waals surface area (Å²) in [6, 6.07) is 4.27. The molecule has 0 aliphatic rings. The van der Waals surface area contributed by atoms with Gasteiger partial charge >= 0.3 is 0 Å². The van der Waals surface area contributed by atoms with Crippen molar-refractivity contribution in [2.45, 2.75) is 40.7 Å². The Bertz CT molecular complexity index is 349. The first-order valence-electron chi connectivity index (χ1n) is 5.18. The maximum absolute atomic E-state index is 11.7. The number of aryl methyl sites for hydroxylation is 1. The number of carbonyl (C=O) groups is 1. The molecule has 2 nitrogen and oxygen atoms in total. The second-order valence-corrected chi connectivity index (χ2v) is 6.21. The van der Waals surface area contributed by atoms with Crippen LogP contribution in [0, 0.1) is 12.3 Å². The van der Waals surface area contributed by atoms with E-state index in [0.717, 1.165) is 0 Å². The summed E-state index contributed by atoms with van der Waals surface area (Å²) < 4.78 is 0. The molecule has 0 saturated carbocycles. The van der Waals surface area contributed by atoms with E-state index in [0.29, 0.717) is 0 Å². The molecule has 0 spiro atoms. The summed E-state index contributed by atoms with van der Waals surface area (Å²) in [5.41, 5.74) is -0.319. The van der Waals surface area contributed by atoms with Crippen LogP contribution in [0.4, 0.5) is 0 Å². The van der Waals surface area contributed by atoms with Crippen LogP contribution in [0.2, 0.25) is 0 Å². The molecule has 1 rings (SSSR count). The molecule has 0 fully saturated rings. The first kappa shape index (κ1) is 12.2. The van der Waals surface area contributed by atoms with Gasteiger partial charge in [-0.25, -0.2) is 0 Å². The van der Waals surface area contributed by atoms with Crippen molar-refractivity contribution in [1.29, 1.82) is 0 Å². The maximum Gasteiger partial charge on any atom is 0.225 e. The fourth-order valence-corrected chi connectivity index (χ4v) is 2.05. The third-order valence-corrected chi connectivity index (χ3v) is 3.40. The Morgan fingerprint density at radius 3 is 2.40 bits per heavy atom. The van der Waals surface area contributed by atoms with E-state index in [1.54, 1.807) is 11.3 Å². The third kappa shape index (κ3) is 3.34. The zero-order valence-corrected chi connectivity index (χ0v) is 10.9. The highest BCUT2D eigenvalue weighted by Gasteiger charge is 2.23. The van der Waals surface area contributed by atoms with Crippen LogP contribution >= 0.6 is 11.3 Å².